The number of hydrogen-bond acceptors (Lipinski definition) is 8. The van der Waals surface area contributed by atoms with Crippen LogP contribution in [-0.2, 0) is 39.3 Å². The zero-order valence-corrected chi connectivity index (χ0v) is 23.7. The van der Waals surface area contributed by atoms with E-state index in [4.69, 9.17) is 13.8 Å². The van der Waals surface area contributed by atoms with Crippen LogP contribution in [0.1, 0.15) is 52.5 Å². The quantitative estimate of drug-likeness (QED) is 0.280. The predicted octanol–water partition coefficient (Wildman–Crippen LogP) is 2.46. The molecule has 0 aromatic heterocycles. The molecule has 212 valence electrons. The first kappa shape index (κ1) is 30.2. The normalized spacial score (nSPS) is 22.3. The van der Waals surface area contributed by atoms with Crippen molar-refractivity contribution in [3.05, 3.63) is 35.9 Å². The van der Waals surface area contributed by atoms with Gasteiger partial charge in [0.2, 0.25) is 11.8 Å². The molecule has 0 aliphatic carbocycles. The van der Waals surface area contributed by atoms with E-state index in [9.17, 15) is 18.9 Å². The van der Waals surface area contributed by atoms with Crippen molar-refractivity contribution in [3.63, 3.8) is 0 Å². The van der Waals surface area contributed by atoms with Gasteiger partial charge in [-0.2, -0.15) is 0 Å². The standard InChI is InChI=1S/C26H41N4O7P/c1-5-22(6-2)37-24(32)20(4)28-38(34,35-7-3)36-18-23(31)29-15-16-30(17-21-11-9-8-10-12-21)26(19-29)13-14-27-25(26)33/h8-12,20,22H,5-7,13-19H2,1-4H3,(H,27,33)(H,28,34). The van der Waals surface area contributed by atoms with Gasteiger partial charge in [-0.3, -0.25) is 28.3 Å². The van der Waals surface area contributed by atoms with Gasteiger partial charge < -0.3 is 15.0 Å². The summed E-state index contributed by atoms with van der Waals surface area (Å²) in [6.45, 7) is 8.76. The molecule has 2 aliphatic heterocycles. The number of rotatable bonds is 13. The Kier molecular flexibility index (Phi) is 10.9. The van der Waals surface area contributed by atoms with Crippen molar-refractivity contribution in [3.8, 4) is 0 Å². The van der Waals surface area contributed by atoms with Gasteiger partial charge in [-0.25, -0.2) is 9.65 Å². The van der Waals surface area contributed by atoms with Crippen LogP contribution < -0.4 is 10.4 Å². The number of carbonyl (C=O) groups excluding carboxylic acids is 3. The molecule has 1 aromatic carbocycles. The summed E-state index contributed by atoms with van der Waals surface area (Å²) in [5, 5.41) is 5.50. The highest BCUT2D eigenvalue weighted by Gasteiger charge is 2.51. The van der Waals surface area contributed by atoms with Gasteiger partial charge >= 0.3 is 13.7 Å². The lowest BCUT2D eigenvalue weighted by atomic mass is 9.91. The number of ether oxygens (including phenoxy) is 1. The predicted molar refractivity (Wildman–Crippen MR) is 142 cm³/mol. The van der Waals surface area contributed by atoms with Crippen LogP contribution in [0.15, 0.2) is 30.3 Å². The summed E-state index contributed by atoms with van der Waals surface area (Å²) in [5.41, 5.74) is 0.258. The molecule has 2 fully saturated rings. The van der Waals surface area contributed by atoms with Gasteiger partial charge in [0.05, 0.1) is 6.61 Å². The third-order valence-corrected chi connectivity index (χ3v) is 8.84. The maximum atomic E-state index is 13.3. The van der Waals surface area contributed by atoms with E-state index in [-0.39, 0.29) is 25.2 Å². The Morgan fingerprint density at radius 1 is 1.13 bits per heavy atom. The smallest absolute Gasteiger partial charge is 0.406 e. The second-order valence-electron chi connectivity index (χ2n) is 9.67. The maximum Gasteiger partial charge on any atom is 0.406 e. The fourth-order valence-electron chi connectivity index (χ4n) is 4.84. The van der Waals surface area contributed by atoms with Gasteiger partial charge in [0.15, 0.2) is 0 Å². The summed E-state index contributed by atoms with van der Waals surface area (Å²) in [5.74, 6) is -1.08. The highest BCUT2D eigenvalue weighted by Crippen LogP contribution is 2.44. The molecular weight excluding hydrogens is 511 g/mol. The first-order chi connectivity index (χ1) is 18.2. The zero-order chi connectivity index (χ0) is 27.8. The topological polar surface area (TPSA) is 127 Å². The van der Waals surface area contributed by atoms with Crippen molar-refractivity contribution in [2.75, 3.05) is 39.4 Å². The fourth-order valence-corrected chi connectivity index (χ4v) is 6.26. The number of hydrogen-bond donors (Lipinski definition) is 2. The van der Waals surface area contributed by atoms with Gasteiger partial charge in [-0.1, -0.05) is 44.2 Å². The van der Waals surface area contributed by atoms with Crippen LogP contribution in [0.5, 0.6) is 0 Å². The summed E-state index contributed by atoms with van der Waals surface area (Å²) >= 11 is 0. The van der Waals surface area contributed by atoms with Crippen LogP contribution in [-0.4, -0.2) is 84.7 Å². The fraction of sp³-hybridized carbons (Fsp3) is 0.654. The van der Waals surface area contributed by atoms with Crippen LogP contribution in [0.2, 0.25) is 0 Å². The lowest BCUT2D eigenvalue weighted by Crippen LogP contribution is -2.66. The largest absolute Gasteiger partial charge is 0.461 e. The molecule has 2 saturated heterocycles. The van der Waals surface area contributed by atoms with Crippen molar-refractivity contribution in [1.82, 2.24) is 20.2 Å². The lowest BCUT2D eigenvalue weighted by molar-refractivity contribution is -0.151. The SMILES string of the molecule is CCOP(=O)(NC(C)C(=O)OC(CC)CC)OCC(=O)N1CCN(Cc2ccccc2)C2(CCNC2=O)C1. The molecule has 1 spiro atoms. The molecule has 3 unspecified atom stereocenters. The molecule has 2 amide bonds. The molecule has 2 N–H and O–H groups in total. The summed E-state index contributed by atoms with van der Waals surface area (Å²) in [6.07, 6.45) is 1.68. The van der Waals surface area contributed by atoms with Crippen LogP contribution in [0.4, 0.5) is 0 Å². The van der Waals surface area contributed by atoms with Crippen molar-refractivity contribution in [2.24, 2.45) is 0 Å². The van der Waals surface area contributed by atoms with E-state index in [2.05, 4.69) is 15.3 Å². The van der Waals surface area contributed by atoms with Crippen molar-refractivity contribution < 1.29 is 32.7 Å². The van der Waals surface area contributed by atoms with Crippen LogP contribution in [0.25, 0.3) is 0 Å². The molecule has 12 heteroatoms. The molecule has 38 heavy (non-hydrogen) atoms. The van der Waals surface area contributed by atoms with Crippen LogP contribution >= 0.6 is 7.75 Å². The Hall–Kier alpha value is -2.30. The molecule has 0 radical (unpaired) electrons. The first-order valence-electron chi connectivity index (χ1n) is 13.4. The minimum absolute atomic E-state index is 0.0498. The Bertz CT molecular complexity index is 1010. The summed E-state index contributed by atoms with van der Waals surface area (Å²) in [6, 6.07) is 8.95. The highest BCUT2D eigenvalue weighted by atomic mass is 31.2. The molecule has 11 nitrogen and oxygen atoms in total. The zero-order valence-electron chi connectivity index (χ0n) is 22.8. The summed E-state index contributed by atoms with van der Waals surface area (Å²) in [4.78, 5) is 42.3. The van der Waals surface area contributed by atoms with Gasteiger partial charge in [-0.15, -0.1) is 0 Å². The van der Waals surface area contributed by atoms with E-state index in [0.29, 0.717) is 45.4 Å². The number of carbonyl (C=O) groups is 3. The first-order valence-corrected chi connectivity index (χ1v) is 14.9. The third-order valence-electron chi connectivity index (χ3n) is 7.07. The molecule has 2 aliphatic rings. The highest BCUT2D eigenvalue weighted by molar-refractivity contribution is 7.51. The second kappa shape index (κ2) is 13.7. The lowest BCUT2D eigenvalue weighted by Gasteiger charge is -2.47. The van der Waals surface area contributed by atoms with Crippen molar-refractivity contribution in [2.45, 2.75) is 71.2 Å². The average Bonchev–Trinajstić information content (AvgIpc) is 3.27. The average molecular weight is 553 g/mol. The Balaban J connectivity index is 1.63. The van der Waals surface area contributed by atoms with E-state index < -0.39 is 37.8 Å². The number of nitrogens with one attached hydrogen (secondary N) is 2. The molecule has 0 saturated carbocycles. The molecule has 3 atom stereocenters. The summed E-state index contributed by atoms with van der Waals surface area (Å²) < 4.78 is 29.5. The Labute approximate surface area is 225 Å². The van der Waals surface area contributed by atoms with Crippen LogP contribution in [0.3, 0.4) is 0 Å². The molecule has 0 bridgehead atoms. The van der Waals surface area contributed by atoms with Crippen LogP contribution in [0, 0.1) is 0 Å². The van der Waals surface area contributed by atoms with Gasteiger partial charge in [0.25, 0.3) is 0 Å². The molecule has 1 aromatic rings. The molecular formula is C26H41N4O7P. The number of piperazine rings is 1. The van der Waals surface area contributed by atoms with E-state index in [1.165, 1.54) is 6.92 Å². The van der Waals surface area contributed by atoms with Crippen molar-refractivity contribution >= 4 is 25.5 Å². The minimum atomic E-state index is -3.99. The number of amides is 2. The van der Waals surface area contributed by atoms with Gasteiger partial charge in [0.1, 0.15) is 24.3 Å². The number of benzene rings is 1. The molecule has 2 heterocycles. The number of nitrogens with zero attached hydrogens (tertiary/aromatic N) is 2. The molecule has 3 rings (SSSR count). The van der Waals surface area contributed by atoms with Gasteiger partial charge in [-0.05, 0) is 38.7 Å². The van der Waals surface area contributed by atoms with E-state index in [1.54, 1.807) is 11.8 Å². The minimum Gasteiger partial charge on any atom is -0.461 e. The Morgan fingerprint density at radius 3 is 2.45 bits per heavy atom. The monoisotopic (exact) mass is 552 g/mol. The van der Waals surface area contributed by atoms with E-state index >= 15 is 0 Å². The number of esters is 1. The van der Waals surface area contributed by atoms with E-state index in [1.807, 2.05) is 44.2 Å². The van der Waals surface area contributed by atoms with Gasteiger partial charge in [0, 0.05) is 32.7 Å². The second-order valence-corrected chi connectivity index (χ2v) is 11.4. The van der Waals surface area contributed by atoms with Crippen molar-refractivity contribution in [1.29, 1.82) is 0 Å². The van der Waals surface area contributed by atoms with E-state index in [0.717, 1.165) is 5.56 Å². The maximum absolute atomic E-state index is 13.3. The Morgan fingerprint density at radius 2 is 1.84 bits per heavy atom. The summed E-state index contributed by atoms with van der Waals surface area (Å²) in [7, 11) is -3.99. The third kappa shape index (κ3) is 7.42.